The number of carbonyl (C=O) groups is 2. The van der Waals surface area contributed by atoms with Gasteiger partial charge in [-0.3, -0.25) is 14.0 Å². The number of aromatic nitrogens is 3. The predicted octanol–water partition coefficient (Wildman–Crippen LogP) is 3.26. The van der Waals surface area contributed by atoms with Crippen LogP contribution >= 0.6 is 23.1 Å². The first-order valence-electron chi connectivity index (χ1n) is 10.7. The fourth-order valence-corrected chi connectivity index (χ4v) is 6.16. The monoisotopic (exact) mass is 482 g/mol. The lowest BCUT2D eigenvalue weighted by Crippen LogP contribution is -2.44. The molecule has 1 amide bonds. The van der Waals surface area contributed by atoms with Crippen molar-refractivity contribution in [2.24, 2.45) is 0 Å². The number of carboxylic acids is 1. The van der Waals surface area contributed by atoms with E-state index in [1.165, 1.54) is 23.1 Å². The number of thiazole rings is 1. The molecular formula is C23H22N4O4S2. The van der Waals surface area contributed by atoms with E-state index in [0.717, 1.165) is 47.2 Å². The van der Waals surface area contributed by atoms with Crippen LogP contribution in [0.5, 0.6) is 0 Å². The van der Waals surface area contributed by atoms with Gasteiger partial charge in [0.25, 0.3) is 11.5 Å². The van der Waals surface area contributed by atoms with Crippen LogP contribution in [0.4, 0.5) is 0 Å². The summed E-state index contributed by atoms with van der Waals surface area (Å²) in [5.74, 6) is -1.89. The van der Waals surface area contributed by atoms with Crippen molar-refractivity contribution in [1.82, 2.24) is 19.7 Å². The van der Waals surface area contributed by atoms with Gasteiger partial charge in [-0.2, -0.15) is 0 Å². The normalized spacial score (nSPS) is 14.3. The van der Waals surface area contributed by atoms with E-state index >= 15 is 0 Å². The van der Waals surface area contributed by atoms with Crippen molar-refractivity contribution >= 4 is 50.8 Å². The summed E-state index contributed by atoms with van der Waals surface area (Å²) >= 11 is 2.70. The average molecular weight is 483 g/mol. The molecule has 8 nitrogen and oxygen atoms in total. The van der Waals surface area contributed by atoms with Gasteiger partial charge in [0.1, 0.15) is 16.6 Å². The van der Waals surface area contributed by atoms with E-state index in [4.69, 9.17) is 0 Å². The van der Waals surface area contributed by atoms with Crippen molar-refractivity contribution in [1.29, 1.82) is 0 Å². The number of thioether (sulfide) groups is 1. The summed E-state index contributed by atoms with van der Waals surface area (Å²) in [6.07, 6.45) is 5.56. The molecule has 1 aliphatic rings. The Morgan fingerprint density at radius 3 is 2.85 bits per heavy atom. The fourth-order valence-electron chi connectivity index (χ4n) is 4.34. The standard InChI is InChI=1S/C23H22N4O4S2/c1-32-20-18(21(29)27-16-8-4-5-9-17(16)33-23(27)26-20)19(28)25-15(22(30)31)11-13-10-12-6-2-3-7-14(12)24-13/h2-3,6-7,10,15,24H,4-5,8-9,11H2,1H3,(H,25,28)(H,30,31). The van der Waals surface area contributed by atoms with Gasteiger partial charge in [0.05, 0.1) is 0 Å². The van der Waals surface area contributed by atoms with Crippen LogP contribution in [0, 0.1) is 0 Å². The van der Waals surface area contributed by atoms with E-state index in [9.17, 15) is 19.5 Å². The molecule has 1 aliphatic carbocycles. The van der Waals surface area contributed by atoms with E-state index in [0.29, 0.717) is 15.7 Å². The second kappa shape index (κ2) is 8.68. The molecule has 0 saturated heterocycles. The predicted molar refractivity (Wildman–Crippen MR) is 129 cm³/mol. The Hall–Kier alpha value is -3.11. The molecule has 1 unspecified atom stereocenters. The number of hydrogen-bond acceptors (Lipinski definition) is 6. The van der Waals surface area contributed by atoms with Crippen LogP contribution in [-0.4, -0.2) is 43.6 Å². The third-order valence-electron chi connectivity index (χ3n) is 5.93. The van der Waals surface area contributed by atoms with Crippen molar-refractivity contribution in [2.75, 3.05) is 6.26 Å². The van der Waals surface area contributed by atoms with Gasteiger partial charge < -0.3 is 15.4 Å². The SMILES string of the molecule is CSc1nc2sc3c(n2c(=O)c1C(=O)NC(Cc1cc2ccccc2[nH]1)C(=O)O)CCCC3. The number of carbonyl (C=O) groups excluding carboxylic acids is 1. The number of benzene rings is 1. The quantitative estimate of drug-likeness (QED) is 0.287. The smallest absolute Gasteiger partial charge is 0.326 e. The summed E-state index contributed by atoms with van der Waals surface area (Å²) in [5, 5.41) is 13.6. The summed E-state index contributed by atoms with van der Waals surface area (Å²) < 4.78 is 1.54. The number of aromatic amines is 1. The maximum Gasteiger partial charge on any atom is 0.326 e. The Morgan fingerprint density at radius 2 is 2.09 bits per heavy atom. The highest BCUT2D eigenvalue weighted by atomic mass is 32.2. The second-order valence-corrected chi connectivity index (χ2v) is 9.91. The summed E-state index contributed by atoms with van der Waals surface area (Å²) in [5.41, 5.74) is 1.97. The molecule has 4 aromatic rings. The number of hydrogen-bond donors (Lipinski definition) is 3. The second-order valence-electron chi connectivity index (χ2n) is 8.05. The Morgan fingerprint density at radius 1 is 1.30 bits per heavy atom. The average Bonchev–Trinajstić information content (AvgIpc) is 3.38. The number of nitrogens with one attached hydrogen (secondary N) is 2. The highest BCUT2D eigenvalue weighted by Crippen LogP contribution is 2.30. The molecule has 1 atom stereocenters. The molecule has 3 N–H and O–H groups in total. The number of H-pyrrole nitrogens is 1. The largest absolute Gasteiger partial charge is 0.480 e. The van der Waals surface area contributed by atoms with Crippen molar-refractivity contribution < 1.29 is 14.7 Å². The number of nitrogens with zero attached hydrogens (tertiary/aromatic N) is 2. The van der Waals surface area contributed by atoms with E-state index in [1.807, 2.05) is 30.3 Å². The fraction of sp³-hybridized carbons (Fsp3) is 0.304. The van der Waals surface area contributed by atoms with Gasteiger partial charge in [-0.05, 0) is 49.5 Å². The molecule has 3 aromatic heterocycles. The van der Waals surface area contributed by atoms with Crippen molar-refractivity contribution in [2.45, 2.75) is 43.2 Å². The maximum absolute atomic E-state index is 13.4. The van der Waals surface area contributed by atoms with Gasteiger partial charge in [0, 0.05) is 28.2 Å². The minimum absolute atomic E-state index is 0.0647. The Bertz CT molecular complexity index is 1420. The molecule has 0 radical (unpaired) electrons. The van der Waals surface area contributed by atoms with Crippen LogP contribution < -0.4 is 10.9 Å². The summed E-state index contributed by atoms with van der Waals surface area (Å²) in [6.45, 7) is 0. The number of aliphatic carboxylic acids is 1. The van der Waals surface area contributed by atoms with Gasteiger partial charge in [-0.15, -0.1) is 23.1 Å². The van der Waals surface area contributed by atoms with Crippen LogP contribution in [0.15, 0.2) is 40.2 Å². The first-order chi connectivity index (χ1) is 16.0. The molecule has 3 heterocycles. The first-order valence-corrected chi connectivity index (χ1v) is 12.7. The number of fused-ring (bicyclic) bond motifs is 4. The van der Waals surface area contributed by atoms with Crippen LogP contribution in [0.2, 0.25) is 0 Å². The van der Waals surface area contributed by atoms with Gasteiger partial charge in [0.15, 0.2) is 4.96 Å². The molecule has 0 bridgehead atoms. The highest BCUT2D eigenvalue weighted by Gasteiger charge is 2.28. The van der Waals surface area contributed by atoms with Crippen LogP contribution in [-0.2, 0) is 24.1 Å². The molecular weight excluding hydrogens is 460 g/mol. The zero-order valence-corrected chi connectivity index (χ0v) is 19.5. The molecule has 5 rings (SSSR count). The third-order valence-corrected chi connectivity index (χ3v) is 7.75. The van der Waals surface area contributed by atoms with Gasteiger partial charge in [-0.25, -0.2) is 9.78 Å². The van der Waals surface area contributed by atoms with Crippen molar-refractivity contribution in [3.05, 3.63) is 62.5 Å². The third kappa shape index (κ3) is 3.93. The lowest BCUT2D eigenvalue weighted by Gasteiger charge is -2.15. The summed E-state index contributed by atoms with van der Waals surface area (Å²) in [6, 6.07) is 8.30. The van der Waals surface area contributed by atoms with Crippen LogP contribution in [0.1, 0.15) is 39.5 Å². The Kier molecular flexibility index (Phi) is 5.71. The van der Waals surface area contributed by atoms with Crippen LogP contribution in [0.3, 0.4) is 0 Å². The highest BCUT2D eigenvalue weighted by molar-refractivity contribution is 7.98. The summed E-state index contributed by atoms with van der Waals surface area (Å²) in [7, 11) is 0. The lowest BCUT2D eigenvalue weighted by molar-refractivity contribution is -0.139. The molecule has 0 aliphatic heterocycles. The number of carboxylic acid groups (broad SMARTS) is 1. The molecule has 170 valence electrons. The zero-order chi connectivity index (χ0) is 23.1. The Balaban J connectivity index is 1.49. The van der Waals surface area contributed by atoms with Crippen LogP contribution in [0.25, 0.3) is 15.9 Å². The maximum atomic E-state index is 13.4. The zero-order valence-electron chi connectivity index (χ0n) is 17.9. The summed E-state index contributed by atoms with van der Waals surface area (Å²) in [4.78, 5) is 48.1. The van der Waals surface area contributed by atoms with Gasteiger partial charge >= 0.3 is 5.97 Å². The molecule has 0 spiro atoms. The molecule has 1 aromatic carbocycles. The molecule has 0 fully saturated rings. The topological polar surface area (TPSA) is 117 Å². The number of aryl methyl sites for hydroxylation is 2. The number of rotatable bonds is 6. The minimum atomic E-state index is -1.20. The molecule has 33 heavy (non-hydrogen) atoms. The first kappa shape index (κ1) is 21.7. The van der Waals surface area contributed by atoms with E-state index in [1.54, 1.807) is 10.7 Å². The Labute approximate surface area is 197 Å². The van der Waals surface area contributed by atoms with E-state index in [2.05, 4.69) is 15.3 Å². The van der Waals surface area contributed by atoms with E-state index < -0.39 is 23.5 Å². The number of amides is 1. The van der Waals surface area contributed by atoms with Gasteiger partial charge in [0.2, 0.25) is 0 Å². The van der Waals surface area contributed by atoms with E-state index in [-0.39, 0.29) is 12.0 Å². The minimum Gasteiger partial charge on any atom is -0.480 e. The van der Waals surface area contributed by atoms with Crippen molar-refractivity contribution in [3.63, 3.8) is 0 Å². The number of para-hydroxylation sites is 1. The van der Waals surface area contributed by atoms with Crippen molar-refractivity contribution in [3.8, 4) is 0 Å². The lowest BCUT2D eigenvalue weighted by atomic mass is 10.0. The molecule has 10 heteroatoms. The molecule has 0 saturated carbocycles. The van der Waals surface area contributed by atoms with Gasteiger partial charge in [-0.1, -0.05) is 18.2 Å².